The van der Waals surface area contributed by atoms with E-state index in [0.29, 0.717) is 18.9 Å². The zero-order valence-corrected chi connectivity index (χ0v) is 18.8. The van der Waals surface area contributed by atoms with E-state index in [1.165, 1.54) is 4.31 Å². The first-order valence-electron chi connectivity index (χ1n) is 10.6. The zero-order valence-electron chi connectivity index (χ0n) is 18.0. The lowest BCUT2D eigenvalue weighted by molar-refractivity contribution is -0.126. The van der Waals surface area contributed by atoms with Crippen molar-refractivity contribution < 1.29 is 22.0 Å². The van der Waals surface area contributed by atoms with Gasteiger partial charge in [-0.25, -0.2) is 22.2 Å². The van der Waals surface area contributed by atoms with E-state index in [4.69, 9.17) is 0 Å². The number of sulfonamides is 1. The molecule has 1 unspecified atom stereocenters. The Morgan fingerprint density at radius 3 is 2.39 bits per heavy atom. The number of amides is 1. The summed E-state index contributed by atoms with van der Waals surface area (Å²) in [6.07, 6.45) is 5.95. The minimum Gasteiger partial charge on any atom is -0.349 e. The highest BCUT2D eigenvalue weighted by Crippen LogP contribution is 2.26. The molecule has 1 atom stereocenters. The van der Waals surface area contributed by atoms with Gasteiger partial charge in [0.2, 0.25) is 15.9 Å². The monoisotopic (exact) mass is 474 g/mol. The van der Waals surface area contributed by atoms with Crippen LogP contribution in [0, 0.1) is 17.6 Å². The van der Waals surface area contributed by atoms with E-state index in [1.54, 1.807) is 12.5 Å². The molecule has 0 bridgehead atoms. The molecule has 2 heterocycles. The van der Waals surface area contributed by atoms with Gasteiger partial charge in [-0.15, -0.1) is 0 Å². The number of nitrogens with one attached hydrogen (secondary N) is 1. The predicted molar refractivity (Wildman–Crippen MR) is 118 cm³/mol. The van der Waals surface area contributed by atoms with Gasteiger partial charge in [0.05, 0.1) is 17.3 Å². The zero-order chi connectivity index (χ0) is 23.6. The van der Waals surface area contributed by atoms with Crippen LogP contribution in [0.4, 0.5) is 8.78 Å². The van der Waals surface area contributed by atoms with Gasteiger partial charge in [-0.2, -0.15) is 4.31 Å². The highest BCUT2D eigenvalue weighted by molar-refractivity contribution is 7.89. The highest BCUT2D eigenvalue weighted by atomic mass is 32.2. The fourth-order valence-electron chi connectivity index (χ4n) is 3.91. The molecule has 1 aromatic heterocycles. The van der Waals surface area contributed by atoms with Crippen molar-refractivity contribution in [2.24, 2.45) is 5.92 Å². The number of hydrogen-bond acceptors (Lipinski definition) is 4. The quantitative estimate of drug-likeness (QED) is 0.593. The number of nitrogens with zero attached hydrogens (tertiary/aromatic N) is 3. The Kier molecular flexibility index (Phi) is 6.57. The Morgan fingerprint density at radius 2 is 1.79 bits per heavy atom. The molecule has 7 nitrogen and oxygen atoms in total. The molecule has 2 aromatic carbocycles. The summed E-state index contributed by atoms with van der Waals surface area (Å²) in [5.74, 6) is -2.77. The smallest absolute Gasteiger partial charge is 0.243 e. The lowest BCUT2D eigenvalue weighted by Crippen LogP contribution is -2.43. The van der Waals surface area contributed by atoms with E-state index in [0.717, 1.165) is 23.4 Å². The fourth-order valence-corrected chi connectivity index (χ4v) is 5.39. The maximum Gasteiger partial charge on any atom is 0.243 e. The van der Waals surface area contributed by atoms with Crippen molar-refractivity contribution in [3.05, 3.63) is 78.4 Å². The van der Waals surface area contributed by atoms with Crippen molar-refractivity contribution in [3.63, 3.8) is 0 Å². The van der Waals surface area contributed by atoms with E-state index < -0.39 is 21.7 Å². The van der Waals surface area contributed by atoms with E-state index >= 15 is 0 Å². The standard InChI is InChI=1S/C23H24F2N4O3S/c1-16(17-2-4-19(5-3-17)28-13-10-26-15-28)27-23(30)18-8-11-29(12-9-18)33(31,32)20-6-7-21(24)22(25)14-20/h2-7,10,13-16,18H,8-9,11-12H2,1H3,(H,27,30). The Balaban J connectivity index is 1.34. The second kappa shape index (κ2) is 9.40. The van der Waals surface area contributed by atoms with Crippen molar-refractivity contribution >= 4 is 15.9 Å². The molecule has 0 aliphatic carbocycles. The Hall–Kier alpha value is -3.11. The summed E-state index contributed by atoms with van der Waals surface area (Å²) in [7, 11) is -3.95. The van der Waals surface area contributed by atoms with Gasteiger partial charge < -0.3 is 9.88 Å². The van der Waals surface area contributed by atoms with Crippen LogP contribution in [-0.2, 0) is 14.8 Å². The molecular formula is C23H24F2N4O3S. The predicted octanol–water partition coefficient (Wildman–Crippen LogP) is 3.43. The average molecular weight is 475 g/mol. The third-order valence-electron chi connectivity index (χ3n) is 5.91. The molecule has 1 fully saturated rings. The van der Waals surface area contributed by atoms with Gasteiger partial charge in [-0.05, 0) is 55.7 Å². The summed E-state index contributed by atoms with van der Waals surface area (Å²) < 4.78 is 55.2. The van der Waals surface area contributed by atoms with Gasteiger partial charge >= 0.3 is 0 Å². The van der Waals surface area contributed by atoms with Crippen molar-refractivity contribution in [2.75, 3.05) is 13.1 Å². The summed E-state index contributed by atoms with van der Waals surface area (Å²) in [4.78, 5) is 16.5. The maximum atomic E-state index is 13.5. The number of halogens is 2. The van der Waals surface area contributed by atoms with Crippen LogP contribution in [0.5, 0.6) is 0 Å². The topological polar surface area (TPSA) is 84.3 Å². The minimum atomic E-state index is -3.95. The van der Waals surface area contributed by atoms with Crippen LogP contribution in [0.1, 0.15) is 31.4 Å². The lowest BCUT2D eigenvalue weighted by atomic mass is 9.96. The summed E-state index contributed by atoms with van der Waals surface area (Å²) in [5, 5.41) is 3.00. The van der Waals surface area contributed by atoms with Crippen molar-refractivity contribution in [2.45, 2.75) is 30.7 Å². The van der Waals surface area contributed by atoms with Gasteiger partial charge in [0.15, 0.2) is 11.6 Å². The van der Waals surface area contributed by atoms with Crippen molar-refractivity contribution in [1.29, 1.82) is 0 Å². The normalized spacial score (nSPS) is 16.5. The van der Waals surface area contributed by atoms with Gasteiger partial charge in [-0.3, -0.25) is 4.79 Å². The SMILES string of the molecule is CC(NC(=O)C1CCN(S(=O)(=O)c2ccc(F)c(F)c2)CC1)c1ccc(-n2ccnc2)cc1. The summed E-state index contributed by atoms with van der Waals surface area (Å²) in [5.41, 5.74) is 1.91. The molecule has 0 saturated carbocycles. The molecule has 1 N–H and O–H groups in total. The van der Waals surface area contributed by atoms with E-state index in [9.17, 15) is 22.0 Å². The second-order valence-corrected chi connectivity index (χ2v) is 9.98. The molecule has 1 amide bonds. The molecule has 4 rings (SSSR count). The number of hydrogen-bond donors (Lipinski definition) is 1. The highest BCUT2D eigenvalue weighted by Gasteiger charge is 2.33. The minimum absolute atomic E-state index is 0.132. The largest absolute Gasteiger partial charge is 0.349 e. The molecular weight excluding hydrogens is 450 g/mol. The van der Waals surface area contributed by atoms with Crippen LogP contribution in [0.3, 0.4) is 0 Å². The van der Waals surface area contributed by atoms with Crippen LogP contribution >= 0.6 is 0 Å². The van der Waals surface area contributed by atoms with E-state index in [-0.39, 0.29) is 35.9 Å². The van der Waals surface area contributed by atoms with Crippen LogP contribution in [0.2, 0.25) is 0 Å². The van der Waals surface area contributed by atoms with E-state index in [1.807, 2.05) is 42.0 Å². The first kappa shape index (κ1) is 23.1. The number of rotatable bonds is 6. The van der Waals surface area contributed by atoms with E-state index in [2.05, 4.69) is 10.3 Å². The van der Waals surface area contributed by atoms with Crippen LogP contribution < -0.4 is 5.32 Å². The molecule has 174 valence electrons. The third-order valence-corrected chi connectivity index (χ3v) is 7.80. The Labute approximate surface area is 191 Å². The van der Waals surface area contributed by atoms with Gasteiger partial charge in [0.1, 0.15) is 0 Å². The second-order valence-electron chi connectivity index (χ2n) is 8.05. The Bertz CT molecular complexity index is 1220. The number of carbonyl (C=O) groups is 1. The number of imidazole rings is 1. The van der Waals surface area contributed by atoms with Gasteiger partial charge in [0.25, 0.3) is 0 Å². The molecule has 10 heteroatoms. The molecule has 0 spiro atoms. The summed E-state index contributed by atoms with van der Waals surface area (Å²) in [6, 6.07) is 10.1. The number of benzene rings is 2. The first-order chi connectivity index (χ1) is 15.8. The molecule has 0 radical (unpaired) electrons. The third kappa shape index (κ3) is 4.96. The van der Waals surface area contributed by atoms with Gasteiger partial charge in [-0.1, -0.05) is 12.1 Å². The van der Waals surface area contributed by atoms with Crippen molar-refractivity contribution in [3.8, 4) is 5.69 Å². The van der Waals surface area contributed by atoms with Crippen LogP contribution in [0.25, 0.3) is 5.69 Å². The van der Waals surface area contributed by atoms with Crippen LogP contribution in [-0.4, -0.2) is 41.3 Å². The van der Waals surface area contributed by atoms with Gasteiger partial charge in [0, 0.05) is 37.1 Å². The molecule has 3 aromatic rings. The lowest BCUT2D eigenvalue weighted by Gasteiger charge is -2.31. The Morgan fingerprint density at radius 1 is 1.09 bits per heavy atom. The number of carbonyl (C=O) groups excluding carboxylic acids is 1. The molecule has 1 aliphatic rings. The fraction of sp³-hybridized carbons (Fsp3) is 0.304. The van der Waals surface area contributed by atoms with Crippen molar-refractivity contribution in [1.82, 2.24) is 19.2 Å². The molecule has 1 saturated heterocycles. The summed E-state index contributed by atoms with van der Waals surface area (Å²) >= 11 is 0. The number of aromatic nitrogens is 2. The average Bonchev–Trinajstić information content (AvgIpc) is 3.36. The molecule has 1 aliphatic heterocycles. The van der Waals surface area contributed by atoms with Crippen LogP contribution in [0.15, 0.2) is 66.1 Å². The summed E-state index contributed by atoms with van der Waals surface area (Å²) in [6.45, 7) is 2.16. The first-order valence-corrected chi connectivity index (χ1v) is 12.0. The number of piperidine rings is 1. The molecule has 33 heavy (non-hydrogen) atoms. The maximum absolute atomic E-state index is 13.5.